The Labute approximate surface area is 70.7 Å². The van der Waals surface area contributed by atoms with Crippen LogP contribution in [0.5, 0.6) is 0 Å². The lowest BCUT2D eigenvalue weighted by Crippen LogP contribution is -2.09. The Morgan fingerprint density at radius 2 is 2.27 bits per heavy atom. The lowest BCUT2D eigenvalue weighted by atomic mass is 10.1. The summed E-state index contributed by atoms with van der Waals surface area (Å²) in [4.78, 5) is 2.72. The molecule has 2 rings (SSSR count). The Kier molecular flexibility index (Phi) is 1.55. The van der Waals surface area contributed by atoms with E-state index in [9.17, 15) is 0 Å². The van der Waals surface area contributed by atoms with E-state index in [2.05, 4.69) is 19.1 Å². The third kappa shape index (κ3) is 1.10. The maximum absolute atomic E-state index is 9.13. The van der Waals surface area contributed by atoms with Crippen LogP contribution in [0.25, 0.3) is 0 Å². The maximum atomic E-state index is 9.13. The van der Waals surface area contributed by atoms with Gasteiger partial charge in [0.15, 0.2) is 0 Å². The molecule has 1 aliphatic rings. The molecule has 1 aliphatic carbocycles. The smallest absolute Gasteiger partial charge is 0.0535 e. The second-order valence-corrected chi connectivity index (χ2v) is 4.64. The van der Waals surface area contributed by atoms with E-state index >= 15 is 0 Å². The summed E-state index contributed by atoms with van der Waals surface area (Å²) >= 11 is 1.82. The molecular formula is C9H12OS. The fourth-order valence-electron chi connectivity index (χ4n) is 1.35. The van der Waals surface area contributed by atoms with Crippen LogP contribution < -0.4 is 0 Å². The summed E-state index contributed by atoms with van der Waals surface area (Å²) < 4.78 is 0. The summed E-state index contributed by atoms with van der Waals surface area (Å²) in [5.74, 6) is 0. The van der Waals surface area contributed by atoms with Crippen LogP contribution in [0, 0.1) is 6.92 Å². The summed E-state index contributed by atoms with van der Waals surface area (Å²) in [7, 11) is 0. The van der Waals surface area contributed by atoms with Crippen LogP contribution in [0.1, 0.15) is 22.6 Å². The fraction of sp³-hybridized carbons (Fsp3) is 0.556. The first kappa shape index (κ1) is 7.32. The van der Waals surface area contributed by atoms with E-state index in [-0.39, 0.29) is 5.41 Å². The molecule has 1 nitrogen and oxygen atoms in total. The lowest BCUT2D eigenvalue weighted by molar-refractivity contribution is 0.257. The molecule has 0 aliphatic heterocycles. The lowest BCUT2D eigenvalue weighted by Gasteiger charge is -2.06. The predicted molar refractivity (Wildman–Crippen MR) is 47.1 cm³/mol. The van der Waals surface area contributed by atoms with E-state index in [1.54, 1.807) is 0 Å². The van der Waals surface area contributed by atoms with Gasteiger partial charge in [-0.05, 0) is 31.9 Å². The Hall–Kier alpha value is -0.340. The zero-order chi connectivity index (χ0) is 7.90. The van der Waals surface area contributed by atoms with Crippen molar-refractivity contribution in [3.05, 3.63) is 21.9 Å². The van der Waals surface area contributed by atoms with E-state index in [0.29, 0.717) is 6.61 Å². The summed E-state index contributed by atoms with van der Waals surface area (Å²) in [6.45, 7) is 2.44. The molecule has 0 amide bonds. The number of aliphatic hydroxyl groups excluding tert-OH is 1. The van der Waals surface area contributed by atoms with Crippen LogP contribution >= 0.6 is 11.3 Å². The van der Waals surface area contributed by atoms with E-state index in [1.807, 2.05) is 11.3 Å². The average Bonchev–Trinajstić information content (AvgIpc) is 2.70. The third-order valence-electron chi connectivity index (χ3n) is 2.42. The highest BCUT2D eigenvalue weighted by molar-refractivity contribution is 7.12. The molecule has 1 fully saturated rings. The molecule has 1 aromatic rings. The SMILES string of the molecule is Cc1ccc(C2(CO)CC2)s1. The van der Waals surface area contributed by atoms with Gasteiger partial charge in [-0.15, -0.1) is 11.3 Å². The normalized spacial score (nSPS) is 20.2. The Bertz CT molecular complexity index is 260. The van der Waals surface area contributed by atoms with Gasteiger partial charge in [0.05, 0.1) is 6.61 Å². The molecular weight excluding hydrogens is 156 g/mol. The van der Waals surface area contributed by atoms with Crippen molar-refractivity contribution in [2.24, 2.45) is 0 Å². The molecule has 0 atom stereocenters. The van der Waals surface area contributed by atoms with Gasteiger partial charge in [-0.3, -0.25) is 0 Å². The number of hydrogen-bond donors (Lipinski definition) is 1. The minimum absolute atomic E-state index is 0.179. The van der Waals surface area contributed by atoms with E-state index in [4.69, 9.17) is 5.11 Å². The second kappa shape index (κ2) is 2.32. The van der Waals surface area contributed by atoms with Crippen molar-refractivity contribution >= 4 is 11.3 Å². The number of rotatable bonds is 2. The van der Waals surface area contributed by atoms with Gasteiger partial charge in [-0.1, -0.05) is 0 Å². The fourth-order valence-corrected chi connectivity index (χ4v) is 2.46. The van der Waals surface area contributed by atoms with Crippen LogP contribution in [0.3, 0.4) is 0 Å². The van der Waals surface area contributed by atoms with Gasteiger partial charge in [-0.25, -0.2) is 0 Å². The standard InChI is InChI=1S/C9H12OS/c1-7-2-3-8(11-7)9(6-10)4-5-9/h2-3,10H,4-6H2,1H3. The number of aliphatic hydroxyl groups is 1. The Morgan fingerprint density at radius 3 is 2.64 bits per heavy atom. The molecule has 0 radical (unpaired) electrons. The minimum atomic E-state index is 0.179. The third-order valence-corrected chi connectivity index (χ3v) is 3.67. The number of aryl methyl sites for hydroxylation is 1. The Balaban J connectivity index is 2.29. The van der Waals surface area contributed by atoms with Gasteiger partial charge in [0, 0.05) is 15.2 Å². The van der Waals surface area contributed by atoms with E-state index < -0.39 is 0 Å². The summed E-state index contributed by atoms with van der Waals surface area (Å²) in [5.41, 5.74) is 0.179. The first-order valence-corrected chi connectivity index (χ1v) is 4.76. The molecule has 1 N–H and O–H groups in total. The molecule has 0 bridgehead atoms. The molecule has 1 saturated carbocycles. The molecule has 1 heterocycles. The number of hydrogen-bond acceptors (Lipinski definition) is 2. The number of thiophene rings is 1. The largest absolute Gasteiger partial charge is 0.395 e. The quantitative estimate of drug-likeness (QED) is 0.717. The van der Waals surface area contributed by atoms with Gasteiger partial charge in [-0.2, -0.15) is 0 Å². The first-order chi connectivity index (χ1) is 5.27. The van der Waals surface area contributed by atoms with E-state index in [1.165, 1.54) is 22.6 Å². The van der Waals surface area contributed by atoms with Crippen molar-refractivity contribution < 1.29 is 5.11 Å². The van der Waals surface area contributed by atoms with Crippen molar-refractivity contribution in [2.45, 2.75) is 25.2 Å². The molecule has 11 heavy (non-hydrogen) atoms. The van der Waals surface area contributed by atoms with Gasteiger partial charge in [0.1, 0.15) is 0 Å². The molecule has 60 valence electrons. The molecule has 0 aromatic carbocycles. The highest BCUT2D eigenvalue weighted by Gasteiger charge is 2.44. The van der Waals surface area contributed by atoms with Crippen LogP contribution in [-0.4, -0.2) is 11.7 Å². The molecule has 2 heteroatoms. The van der Waals surface area contributed by atoms with Crippen molar-refractivity contribution in [3.8, 4) is 0 Å². The molecule has 1 aromatic heterocycles. The topological polar surface area (TPSA) is 20.2 Å². The van der Waals surface area contributed by atoms with Gasteiger partial charge in [0.25, 0.3) is 0 Å². The van der Waals surface area contributed by atoms with Crippen LogP contribution in [0.4, 0.5) is 0 Å². The van der Waals surface area contributed by atoms with Crippen molar-refractivity contribution in [2.75, 3.05) is 6.61 Å². The maximum Gasteiger partial charge on any atom is 0.0535 e. The van der Waals surface area contributed by atoms with E-state index in [0.717, 1.165) is 0 Å². The van der Waals surface area contributed by atoms with Gasteiger partial charge in [0.2, 0.25) is 0 Å². The molecule has 0 unspecified atom stereocenters. The highest BCUT2D eigenvalue weighted by atomic mass is 32.1. The van der Waals surface area contributed by atoms with Crippen molar-refractivity contribution in [3.63, 3.8) is 0 Å². The summed E-state index contributed by atoms with van der Waals surface area (Å²) in [6.07, 6.45) is 2.34. The monoisotopic (exact) mass is 168 g/mol. The van der Waals surface area contributed by atoms with Gasteiger partial charge < -0.3 is 5.11 Å². The average molecular weight is 168 g/mol. The van der Waals surface area contributed by atoms with Crippen LogP contribution in [0.2, 0.25) is 0 Å². The molecule has 0 spiro atoms. The second-order valence-electron chi connectivity index (χ2n) is 3.35. The van der Waals surface area contributed by atoms with Crippen molar-refractivity contribution in [1.29, 1.82) is 0 Å². The minimum Gasteiger partial charge on any atom is -0.395 e. The molecule has 0 saturated heterocycles. The van der Waals surface area contributed by atoms with Gasteiger partial charge >= 0.3 is 0 Å². The highest BCUT2D eigenvalue weighted by Crippen LogP contribution is 2.49. The summed E-state index contributed by atoms with van der Waals surface area (Å²) in [6, 6.07) is 4.29. The zero-order valence-corrected chi connectivity index (χ0v) is 7.45. The van der Waals surface area contributed by atoms with Crippen LogP contribution in [0.15, 0.2) is 12.1 Å². The Morgan fingerprint density at radius 1 is 1.55 bits per heavy atom. The predicted octanol–water partition coefficient (Wildman–Crippen LogP) is 2.08. The first-order valence-electron chi connectivity index (χ1n) is 3.95. The van der Waals surface area contributed by atoms with Crippen LogP contribution in [-0.2, 0) is 5.41 Å². The zero-order valence-electron chi connectivity index (χ0n) is 6.63. The summed E-state index contributed by atoms with van der Waals surface area (Å²) in [5, 5.41) is 9.13. The van der Waals surface area contributed by atoms with Crippen molar-refractivity contribution in [1.82, 2.24) is 0 Å².